The number of nitrogens with one attached hydrogen (secondary N) is 1. The van der Waals surface area contributed by atoms with Crippen molar-refractivity contribution in [2.24, 2.45) is 5.10 Å². The lowest BCUT2D eigenvalue weighted by atomic mass is 9.86. The number of rotatable bonds is 3. The Morgan fingerprint density at radius 3 is 2.40 bits per heavy atom. The van der Waals surface area contributed by atoms with Crippen LogP contribution in [-0.4, -0.2) is 45.5 Å². The van der Waals surface area contributed by atoms with Gasteiger partial charge in [-0.15, -0.1) is 0 Å². The Hall–Kier alpha value is -3.61. The van der Waals surface area contributed by atoms with E-state index in [1.807, 2.05) is 54.6 Å². The minimum absolute atomic E-state index is 0.160. The fourth-order valence-corrected chi connectivity index (χ4v) is 5.59. The summed E-state index contributed by atoms with van der Waals surface area (Å²) >= 11 is 12.5. The second-order valence-corrected chi connectivity index (χ2v) is 9.49. The van der Waals surface area contributed by atoms with Gasteiger partial charge in [0, 0.05) is 28.6 Å². The molecule has 0 aliphatic carbocycles. The van der Waals surface area contributed by atoms with Crippen molar-refractivity contribution in [3.63, 3.8) is 0 Å². The maximum atomic E-state index is 13.7. The Morgan fingerprint density at radius 2 is 1.63 bits per heavy atom. The number of para-hydroxylation sites is 1. The van der Waals surface area contributed by atoms with Gasteiger partial charge in [-0.1, -0.05) is 77.8 Å². The molecule has 6 nitrogen and oxygen atoms in total. The van der Waals surface area contributed by atoms with Crippen LogP contribution in [0.2, 0.25) is 10.0 Å². The summed E-state index contributed by atoms with van der Waals surface area (Å²) in [4.78, 5) is 32.5. The quantitative estimate of drug-likeness (QED) is 0.391. The number of hydrogen-bond donors (Lipinski definition) is 1. The number of aromatic amines is 1. The second kappa shape index (κ2) is 8.56. The minimum Gasteiger partial charge on any atom is -0.356 e. The van der Waals surface area contributed by atoms with Crippen LogP contribution in [-0.2, 0) is 16.0 Å². The molecular formula is C27H20Cl2N4O2. The molecule has 2 amide bonds. The van der Waals surface area contributed by atoms with Gasteiger partial charge in [-0.3, -0.25) is 9.59 Å². The van der Waals surface area contributed by atoms with Gasteiger partial charge < -0.3 is 9.88 Å². The highest BCUT2D eigenvalue weighted by molar-refractivity contribution is 6.38. The normalized spacial score (nSPS) is 19.9. The second-order valence-electron chi connectivity index (χ2n) is 8.67. The third-order valence-corrected chi connectivity index (χ3v) is 7.34. The Bertz CT molecular complexity index is 1480. The standard InChI is InChI=1S/C27H20Cl2N4O2/c28-20-10-6-11-21(29)19(20)14-30-32-15-24(34)33-23(27(32)35)13-18-17-9-4-5-12-22(17)31-25(18)26(33)16-7-2-1-3-8-16/h1-12,14,23,26,31H,13,15H2/b30-14-/t23-,26-/m0/s1. The topological polar surface area (TPSA) is 68.8 Å². The van der Waals surface area contributed by atoms with E-state index in [-0.39, 0.29) is 18.4 Å². The predicted molar refractivity (Wildman–Crippen MR) is 137 cm³/mol. The van der Waals surface area contributed by atoms with Crippen LogP contribution in [0.15, 0.2) is 77.9 Å². The summed E-state index contributed by atoms with van der Waals surface area (Å²) in [5.74, 6) is -0.406. The fraction of sp³-hybridized carbons (Fsp3) is 0.148. The van der Waals surface area contributed by atoms with Gasteiger partial charge in [0.1, 0.15) is 12.6 Å². The molecule has 6 rings (SSSR count). The first-order chi connectivity index (χ1) is 17.0. The first-order valence-corrected chi connectivity index (χ1v) is 12.0. The lowest BCUT2D eigenvalue weighted by Crippen LogP contribution is -2.61. The van der Waals surface area contributed by atoms with Crippen LogP contribution in [0.4, 0.5) is 0 Å². The van der Waals surface area contributed by atoms with Crippen LogP contribution in [0.3, 0.4) is 0 Å². The number of aromatic nitrogens is 1. The van der Waals surface area contributed by atoms with E-state index in [2.05, 4.69) is 10.1 Å². The van der Waals surface area contributed by atoms with Crippen molar-refractivity contribution in [2.75, 3.05) is 6.54 Å². The van der Waals surface area contributed by atoms with Crippen LogP contribution in [0.1, 0.15) is 28.4 Å². The number of carbonyl (C=O) groups excluding carboxylic acids is 2. The number of carbonyl (C=O) groups is 2. The summed E-state index contributed by atoms with van der Waals surface area (Å²) in [6, 6.07) is 21.9. The number of halogens is 2. The molecule has 0 saturated carbocycles. The van der Waals surface area contributed by atoms with E-state index >= 15 is 0 Å². The van der Waals surface area contributed by atoms with Crippen LogP contribution in [0.25, 0.3) is 10.9 Å². The van der Waals surface area contributed by atoms with Gasteiger partial charge in [-0.2, -0.15) is 5.10 Å². The van der Waals surface area contributed by atoms with Crippen molar-refractivity contribution in [1.29, 1.82) is 0 Å². The fourth-order valence-electron chi connectivity index (χ4n) is 5.09. The molecule has 0 spiro atoms. The van der Waals surface area contributed by atoms with Gasteiger partial charge >= 0.3 is 0 Å². The average Bonchev–Trinajstić information content (AvgIpc) is 3.24. The van der Waals surface area contributed by atoms with Gasteiger partial charge in [0.2, 0.25) is 5.91 Å². The summed E-state index contributed by atoms with van der Waals surface area (Å²) in [7, 11) is 0. The van der Waals surface area contributed by atoms with Crippen LogP contribution >= 0.6 is 23.2 Å². The highest BCUT2D eigenvalue weighted by atomic mass is 35.5. The maximum absolute atomic E-state index is 13.7. The molecule has 2 atom stereocenters. The molecule has 1 saturated heterocycles. The Kier molecular flexibility index (Phi) is 5.35. The molecule has 2 aliphatic heterocycles. The summed E-state index contributed by atoms with van der Waals surface area (Å²) in [6.45, 7) is -0.160. The van der Waals surface area contributed by atoms with Crippen LogP contribution in [0, 0.1) is 0 Å². The largest absolute Gasteiger partial charge is 0.356 e. The van der Waals surface area contributed by atoms with Crippen molar-refractivity contribution in [1.82, 2.24) is 14.9 Å². The van der Waals surface area contributed by atoms with Crippen molar-refractivity contribution >= 4 is 52.1 Å². The molecule has 174 valence electrons. The lowest BCUT2D eigenvalue weighted by molar-refractivity contribution is -0.158. The number of H-pyrrole nitrogens is 1. The molecule has 0 unspecified atom stereocenters. The number of hydrogen-bond acceptors (Lipinski definition) is 3. The number of benzene rings is 3. The number of nitrogens with zero attached hydrogens (tertiary/aromatic N) is 3. The molecule has 1 fully saturated rings. The first kappa shape index (κ1) is 21.9. The van der Waals surface area contributed by atoms with E-state index in [4.69, 9.17) is 23.2 Å². The summed E-state index contributed by atoms with van der Waals surface area (Å²) < 4.78 is 0. The summed E-state index contributed by atoms with van der Waals surface area (Å²) in [5, 5.41) is 7.47. The monoisotopic (exact) mass is 502 g/mol. The van der Waals surface area contributed by atoms with Crippen LogP contribution in [0.5, 0.6) is 0 Å². The van der Waals surface area contributed by atoms with Gasteiger partial charge in [0.15, 0.2) is 0 Å². The number of fused-ring (bicyclic) bond motifs is 4. The molecule has 1 aromatic heterocycles. The smallest absolute Gasteiger partial charge is 0.266 e. The van der Waals surface area contributed by atoms with E-state index < -0.39 is 12.1 Å². The van der Waals surface area contributed by atoms with Crippen molar-refractivity contribution < 1.29 is 9.59 Å². The summed E-state index contributed by atoms with van der Waals surface area (Å²) in [6.07, 6.45) is 1.85. The molecule has 8 heteroatoms. The van der Waals surface area contributed by atoms with Crippen molar-refractivity contribution in [3.05, 3.63) is 105 Å². The zero-order chi connectivity index (χ0) is 24.1. The lowest BCUT2D eigenvalue weighted by Gasteiger charge is -2.45. The molecule has 1 N–H and O–H groups in total. The highest BCUT2D eigenvalue weighted by Gasteiger charge is 2.48. The number of amides is 2. The van der Waals surface area contributed by atoms with E-state index in [1.54, 1.807) is 23.1 Å². The highest BCUT2D eigenvalue weighted by Crippen LogP contribution is 2.42. The third-order valence-electron chi connectivity index (χ3n) is 6.69. The number of piperazine rings is 1. The molecule has 3 heterocycles. The zero-order valence-electron chi connectivity index (χ0n) is 18.5. The van der Waals surface area contributed by atoms with Crippen LogP contribution < -0.4 is 0 Å². The summed E-state index contributed by atoms with van der Waals surface area (Å²) in [5.41, 5.74) is 4.45. The molecule has 4 aromatic rings. The average molecular weight is 503 g/mol. The van der Waals surface area contributed by atoms with E-state index in [0.717, 1.165) is 27.7 Å². The van der Waals surface area contributed by atoms with Gasteiger partial charge in [0.25, 0.3) is 5.91 Å². The predicted octanol–water partition coefficient (Wildman–Crippen LogP) is 5.19. The van der Waals surface area contributed by atoms with Gasteiger partial charge in [-0.25, -0.2) is 5.01 Å². The Labute approximate surface area is 211 Å². The van der Waals surface area contributed by atoms with E-state index in [1.165, 1.54) is 11.2 Å². The Morgan fingerprint density at radius 1 is 0.914 bits per heavy atom. The molecule has 2 aliphatic rings. The Balaban J connectivity index is 1.43. The third kappa shape index (κ3) is 3.61. The van der Waals surface area contributed by atoms with Gasteiger partial charge in [-0.05, 0) is 29.3 Å². The molecule has 3 aromatic carbocycles. The molecule has 0 radical (unpaired) electrons. The number of hydrazone groups is 1. The molecule has 0 bridgehead atoms. The van der Waals surface area contributed by atoms with Crippen molar-refractivity contribution in [2.45, 2.75) is 18.5 Å². The minimum atomic E-state index is -0.674. The first-order valence-electron chi connectivity index (χ1n) is 11.3. The SMILES string of the molecule is O=C1[C@@H]2Cc3c([nH]c4ccccc34)[C@H](c3ccccc3)N2C(=O)CN1/N=C\c1c(Cl)cccc1Cl. The molecular weight excluding hydrogens is 483 g/mol. The zero-order valence-corrected chi connectivity index (χ0v) is 20.0. The van der Waals surface area contributed by atoms with E-state index in [9.17, 15) is 9.59 Å². The molecule has 35 heavy (non-hydrogen) atoms. The van der Waals surface area contributed by atoms with E-state index in [0.29, 0.717) is 22.0 Å². The maximum Gasteiger partial charge on any atom is 0.266 e. The van der Waals surface area contributed by atoms with Crippen molar-refractivity contribution in [3.8, 4) is 0 Å². The van der Waals surface area contributed by atoms with Gasteiger partial charge in [0.05, 0.1) is 22.3 Å².